The lowest BCUT2D eigenvalue weighted by Gasteiger charge is -2.19. The number of para-hydroxylation sites is 1. The zero-order chi connectivity index (χ0) is 19.6. The van der Waals surface area contributed by atoms with E-state index in [1.54, 1.807) is 6.20 Å². The molecule has 2 amide bonds. The summed E-state index contributed by atoms with van der Waals surface area (Å²) >= 11 is 0. The fraction of sp³-hybridized carbons (Fsp3) is 0.130. The number of fused-ring (bicyclic) bond motifs is 2. The van der Waals surface area contributed by atoms with E-state index in [2.05, 4.69) is 37.6 Å². The predicted octanol–water partition coefficient (Wildman–Crippen LogP) is 4.77. The molecule has 6 nitrogen and oxygen atoms in total. The lowest BCUT2D eigenvalue weighted by atomic mass is 10.1. The van der Waals surface area contributed by atoms with Crippen LogP contribution in [-0.2, 0) is 13.0 Å². The smallest absolute Gasteiger partial charge is 0.323 e. The topological polar surface area (TPSA) is 73.1 Å². The number of benzene rings is 2. The van der Waals surface area contributed by atoms with Gasteiger partial charge in [0.05, 0.1) is 0 Å². The summed E-state index contributed by atoms with van der Waals surface area (Å²) in [5.74, 6) is 0. The predicted molar refractivity (Wildman–Crippen MR) is 116 cm³/mol. The third-order valence-electron chi connectivity index (χ3n) is 5.30. The number of amides is 2. The summed E-state index contributed by atoms with van der Waals surface area (Å²) in [6.45, 7) is 1.72. The standard InChI is InChI=1S/C23H21N5O/c29-23(26-17-6-2-1-3-7-17)27-20-9-4-10-21-19(20)11-13-28(21)15-16-14-25-22-18(16)8-5-12-24-22/h1-10,12,14H,11,13,15H2,(H,24,25)(H2,26,27,29). The number of carbonyl (C=O) groups is 1. The second-order valence-corrected chi connectivity index (χ2v) is 7.13. The van der Waals surface area contributed by atoms with Gasteiger partial charge in [0, 0.05) is 53.5 Å². The molecule has 144 valence electrons. The molecule has 2 aromatic heterocycles. The van der Waals surface area contributed by atoms with Gasteiger partial charge in [-0.3, -0.25) is 0 Å². The molecule has 0 bridgehead atoms. The van der Waals surface area contributed by atoms with Crippen LogP contribution in [0.25, 0.3) is 11.0 Å². The number of carbonyl (C=O) groups excluding carboxylic acids is 1. The highest BCUT2D eigenvalue weighted by Gasteiger charge is 2.23. The first kappa shape index (κ1) is 17.3. The summed E-state index contributed by atoms with van der Waals surface area (Å²) in [7, 11) is 0. The van der Waals surface area contributed by atoms with E-state index in [1.165, 1.54) is 16.8 Å². The maximum atomic E-state index is 12.4. The molecule has 4 aromatic rings. The van der Waals surface area contributed by atoms with Gasteiger partial charge in [-0.1, -0.05) is 24.3 Å². The highest BCUT2D eigenvalue weighted by molar-refractivity contribution is 6.00. The zero-order valence-electron chi connectivity index (χ0n) is 15.9. The van der Waals surface area contributed by atoms with Crippen molar-refractivity contribution in [1.82, 2.24) is 9.97 Å². The summed E-state index contributed by atoms with van der Waals surface area (Å²) in [5.41, 5.74) is 6.11. The first-order valence-electron chi connectivity index (χ1n) is 9.69. The van der Waals surface area contributed by atoms with Crippen molar-refractivity contribution >= 4 is 34.1 Å². The van der Waals surface area contributed by atoms with Gasteiger partial charge in [-0.2, -0.15) is 0 Å². The Labute approximate surface area is 168 Å². The van der Waals surface area contributed by atoms with Crippen molar-refractivity contribution in [2.45, 2.75) is 13.0 Å². The molecule has 0 unspecified atom stereocenters. The Morgan fingerprint density at radius 1 is 1.03 bits per heavy atom. The summed E-state index contributed by atoms with van der Waals surface area (Å²) in [5, 5.41) is 7.03. The van der Waals surface area contributed by atoms with Gasteiger partial charge >= 0.3 is 6.03 Å². The van der Waals surface area contributed by atoms with Gasteiger partial charge in [-0.25, -0.2) is 9.78 Å². The third kappa shape index (κ3) is 3.40. The average molecular weight is 383 g/mol. The number of H-pyrrole nitrogens is 1. The number of hydrogen-bond donors (Lipinski definition) is 3. The number of nitrogens with zero attached hydrogens (tertiary/aromatic N) is 2. The molecule has 0 aliphatic carbocycles. The van der Waals surface area contributed by atoms with E-state index >= 15 is 0 Å². The van der Waals surface area contributed by atoms with E-state index in [0.29, 0.717) is 0 Å². The molecular weight excluding hydrogens is 362 g/mol. The SMILES string of the molecule is O=C(Nc1ccccc1)Nc1cccc2c1CCN2Cc1c[nH]c2ncccc12. The van der Waals surface area contributed by atoms with Gasteiger partial charge in [-0.15, -0.1) is 0 Å². The highest BCUT2D eigenvalue weighted by atomic mass is 16.2. The third-order valence-corrected chi connectivity index (χ3v) is 5.30. The number of aromatic nitrogens is 2. The number of nitrogens with one attached hydrogen (secondary N) is 3. The van der Waals surface area contributed by atoms with Crippen LogP contribution in [0.15, 0.2) is 73.1 Å². The van der Waals surface area contributed by atoms with Crippen molar-refractivity contribution in [3.8, 4) is 0 Å². The molecule has 5 rings (SSSR count). The van der Waals surface area contributed by atoms with Crippen molar-refractivity contribution in [2.75, 3.05) is 22.1 Å². The van der Waals surface area contributed by atoms with Crippen LogP contribution < -0.4 is 15.5 Å². The Hall–Kier alpha value is -3.80. The van der Waals surface area contributed by atoms with Gasteiger partial charge in [-0.05, 0) is 48.4 Å². The van der Waals surface area contributed by atoms with Crippen LogP contribution in [0.2, 0.25) is 0 Å². The number of rotatable bonds is 4. The lowest BCUT2D eigenvalue weighted by Crippen LogP contribution is -2.20. The van der Waals surface area contributed by atoms with Crippen LogP contribution in [0.4, 0.5) is 21.9 Å². The normalized spacial score (nSPS) is 12.8. The Bertz CT molecular complexity index is 1170. The van der Waals surface area contributed by atoms with Crippen molar-refractivity contribution in [3.63, 3.8) is 0 Å². The molecule has 3 N–H and O–H groups in total. The lowest BCUT2D eigenvalue weighted by molar-refractivity contribution is 0.262. The fourth-order valence-corrected chi connectivity index (χ4v) is 3.94. The molecule has 1 aliphatic rings. The molecule has 0 atom stereocenters. The minimum Gasteiger partial charge on any atom is -0.367 e. The molecule has 1 aliphatic heterocycles. The van der Waals surface area contributed by atoms with Gasteiger partial charge in [0.15, 0.2) is 0 Å². The average Bonchev–Trinajstić information content (AvgIpc) is 3.34. The van der Waals surface area contributed by atoms with E-state index in [9.17, 15) is 4.79 Å². The number of hydrogen-bond acceptors (Lipinski definition) is 3. The number of urea groups is 1. The fourth-order valence-electron chi connectivity index (χ4n) is 3.94. The first-order chi connectivity index (χ1) is 14.3. The van der Waals surface area contributed by atoms with Crippen molar-refractivity contribution in [3.05, 3.63) is 84.2 Å². The molecule has 0 radical (unpaired) electrons. The molecule has 0 saturated heterocycles. The molecule has 29 heavy (non-hydrogen) atoms. The largest absolute Gasteiger partial charge is 0.367 e. The van der Waals surface area contributed by atoms with E-state index in [4.69, 9.17) is 0 Å². The monoisotopic (exact) mass is 383 g/mol. The molecule has 0 saturated carbocycles. The van der Waals surface area contributed by atoms with Crippen LogP contribution >= 0.6 is 0 Å². The van der Waals surface area contributed by atoms with Gasteiger partial charge < -0.3 is 20.5 Å². The molecule has 2 aromatic carbocycles. The Kier molecular flexibility index (Phi) is 4.37. The maximum Gasteiger partial charge on any atom is 0.323 e. The van der Waals surface area contributed by atoms with E-state index in [0.717, 1.165) is 41.9 Å². The molecule has 6 heteroatoms. The Balaban J connectivity index is 1.34. The zero-order valence-corrected chi connectivity index (χ0v) is 15.9. The van der Waals surface area contributed by atoms with Crippen molar-refractivity contribution in [2.24, 2.45) is 0 Å². The van der Waals surface area contributed by atoms with Crippen LogP contribution in [0, 0.1) is 0 Å². The summed E-state index contributed by atoms with van der Waals surface area (Å²) < 4.78 is 0. The molecule has 3 heterocycles. The molecule has 0 fully saturated rings. The molecule has 0 spiro atoms. The second-order valence-electron chi connectivity index (χ2n) is 7.13. The van der Waals surface area contributed by atoms with Crippen molar-refractivity contribution in [1.29, 1.82) is 0 Å². The van der Waals surface area contributed by atoms with Gasteiger partial charge in [0.2, 0.25) is 0 Å². The Morgan fingerprint density at radius 3 is 2.83 bits per heavy atom. The number of anilines is 3. The van der Waals surface area contributed by atoms with Gasteiger partial charge in [0.1, 0.15) is 5.65 Å². The van der Waals surface area contributed by atoms with Crippen LogP contribution in [0.5, 0.6) is 0 Å². The van der Waals surface area contributed by atoms with Gasteiger partial charge in [0.25, 0.3) is 0 Å². The summed E-state index contributed by atoms with van der Waals surface area (Å²) in [6, 6.07) is 19.4. The minimum atomic E-state index is -0.231. The van der Waals surface area contributed by atoms with Crippen LogP contribution in [-0.4, -0.2) is 22.5 Å². The van der Waals surface area contributed by atoms with E-state index in [1.807, 2.05) is 54.7 Å². The van der Waals surface area contributed by atoms with Crippen LogP contribution in [0.1, 0.15) is 11.1 Å². The second kappa shape index (κ2) is 7.31. The van der Waals surface area contributed by atoms with Crippen molar-refractivity contribution < 1.29 is 4.79 Å². The summed E-state index contributed by atoms with van der Waals surface area (Å²) in [6.07, 6.45) is 4.73. The van der Waals surface area contributed by atoms with Crippen LogP contribution in [0.3, 0.4) is 0 Å². The maximum absolute atomic E-state index is 12.4. The highest BCUT2D eigenvalue weighted by Crippen LogP contribution is 2.35. The number of pyridine rings is 1. The van der Waals surface area contributed by atoms with E-state index in [-0.39, 0.29) is 6.03 Å². The number of aromatic amines is 1. The summed E-state index contributed by atoms with van der Waals surface area (Å²) in [4.78, 5) is 22.4. The quantitative estimate of drug-likeness (QED) is 0.475. The first-order valence-corrected chi connectivity index (χ1v) is 9.69. The Morgan fingerprint density at radius 2 is 1.93 bits per heavy atom. The molecular formula is C23H21N5O. The minimum absolute atomic E-state index is 0.231. The van der Waals surface area contributed by atoms with E-state index < -0.39 is 0 Å².